The molecule has 0 spiro atoms. The number of ether oxygens (including phenoxy) is 1. The third-order valence-electron chi connectivity index (χ3n) is 6.29. The number of likely N-dealkylation sites (tertiary alicyclic amines) is 1. The van der Waals surface area contributed by atoms with E-state index < -0.39 is 13.8 Å². The topological polar surface area (TPSA) is 49.9 Å². The lowest BCUT2D eigenvalue weighted by molar-refractivity contribution is -0.139. The summed E-state index contributed by atoms with van der Waals surface area (Å²) in [6, 6.07) is 0. The summed E-state index contributed by atoms with van der Waals surface area (Å²) in [5.41, 5.74) is -0.220. The molecule has 1 aliphatic carbocycles. The molecule has 2 aliphatic heterocycles. The van der Waals surface area contributed by atoms with Crippen LogP contribution >= 0.6 is 0 Å². The van der Waals surface area contributed by atoms with Gasteiger partial charge in [0.1, 0.15) is 5.60 Å². The average molecular weight is 321 g/mol. The normalized spacial score (nSPS) is 40.7. The van der Waals surface area contributed by atoms with Crippen LogP contribution in [0.4, 0.5) is 0 Å². The molecular weight excluding hydrogens is 294 g/mol. The van der Waals surface area contributed by atoms with Gasteiger partial charge in [0.2, 0.25) is 11.8 Å². The SMILES string of the molecule is C=CCN1C(=O)C2CC3(C(C)(C)C)OC3CC2([SiH](C)C)C1=O. The molecule has 1 saturated carbocycles. The lowest BCUT2D eigenvalue weighted by atomic mass is 9.65. The number of imide groups is 1. The molecule has 0 N–H and O–H groups in total. The second-order valence-corrected chi connectivity index (χ2v) is 11.8. The number of fused-ring (bicyclic) bond motifs is 2. The number of epoxide rings is 1. The van der Waals surface area contributed by atoms with E-state index in [9.17, 15) is 9.59 Å². The number of rotatable bonds is 3. The highest BCUT2D eigenvalue weighted by molar-refractivity contribution is 6.66. The molecule has 4 nitrogen and oxygen atoms in total. The van der Waals surface area contributed by atoms with Crippen LogP contribution in [0.25, 0.3) is 0 Å². The Balaban J connectivity index is 2.03. The largest absolute Gasteiger partial charge is 0.365 e. The van der Waals surface area contributed by atoms with Crippen molar-refractivity contribution in [3.8, 4) is 0 Å². The van der Waals surface area contributed by atoms with E-state index in [1.54, 1.807) is 6.08 Å². The number of hydrogen-bond acceptors (Lipinski definition) is 3. The molecule has 0 radical (unpaired) electrons. The van der Waals surface area contributed by atoms with Gasteiger partial charge in [-0.2, -0.15) is 0 Å². The molecule has 2 heterocycles. The number of carbonyl (C=O) groups is 2. The Labute approximate surface area is 134 Å². The molecule has 0 bridgehead atoms. The summed E-state index contributed by atoms with van der Waals surface area (Å²) in [5.74, 6) is -0.143. The van der Waals surface area contributed by atoms with E-state index in [1.807, 2.05) is 0 Å². The van der Waals surface area contributed by atoms with E-state index in [0.29, 0.717) is 13.0 Å². The van der Waals surface area contributed by atoms with Gasteiger partial charge >= 0.3 is 0 Å². The predicted octanol–water partition coefficient (Wildman–Crippen LogP) is 2.36. The van der Waals surface area contributed by atoms with Crippen LogP contribution in [0.5, 0.6) is 0 Å². The standard InChI is InChI=1S/C17H27NO3Si/c1-7-8-18-13(19)11-9-17(15(2,3)4)12(21-17)10-16(11,14(18)20)22(5)6/h7,11-12,22H,1,8-10H2,2-6H3. The van der Waals surface area contributed by atoms with Crippen LogP contribution in [0.3, 0.4) is 0 Å². The summed E-state index contributed by atoms with van der Waals surface area (Å²) in [4.78, 5) is 27.4. The highest BCUT2D eigenvalue weighted by atomic mass is 28.3. The summed E-state index contributed by atoms with van der Waals surface area (Å²) in [7, 11) is -1.37. The maximum Gasteiger partial charge on any atom is 0.233 e. The molecule has 3 rings (SSSR count). The van der Waals surface area contributed by atoms with Gasteiger partial charge in [0.25, 0.3) is 0 Å². The average Bonchev–Trinajstić information content (AvgIpc) is 3.11. The fourth-order valence-corrected chi connectivity index (χ4v) is 7.18. The van der Waals surface area contributed by atoms with E-state index in [-0.39, 0.29) is 34.9 Å². The van der Waals surface area contributed by atoms with Crippen molar-refractivity contribution in [2.24, 2.45) is 11.3 Å². The molecule has 0 aromatic heterocycles. The molecule has 122 valence electrons. The van der Waals surface area contributed by atoms with E-state index in [0.717, 1.165) is 6.42 Å². The van der Waals surface area contributed by atoms with Crippen LogP contribution < -0.4 is 0 Å². The molecule has 0 aromatic carbocycles. The van der Waals surface area contributed by atoms with Gasteiger partial charge < -0.3 is 4.74 Å². The van der Waals surface area contributed by atoms with E-state index in [2.05, 4.69) is 40.4 Å². The minimum absolute atomic E-state index is 0.00243. The summed E-state index contributed by atoms with van der Waals surface area (Å²) >= 11 is 0. The minimum atomic E-state index is -1.37. The summed E-state index contributed by atoms with van der Waals surface area (Å²) in [6.07, 6.45) is 3.22. The Morgan fingerprint density at radius 2 is 2.00 bits per heavy atom. The first-order chi connectivity index (χ1) is 10.1. The van der Waals surface area contributed by atoms with Crippen LogP contribution in [0.2, 0.25) is 18.1 Å². The van der Waals surface area contributed by atoms with Crippen LogP contribution in [0, 0.1) is 11.3 Å². The van der Waals surface area contributed by atoms with Gasteiger partial charge in [-0.1, -0.05) is 39.9 Å². The molecule has 5 heteroatoms. The zero-order valence-electron chi connectivity index (χ0n) is 14.3. The van der Waals surface area contributed by atoms with E-state index in [1.165, 1.54) is 4.90 Å². The van der Waals surface area contributed by atoms with E-state index >= 15 is 0 Å². The van der Waals surface area contributed by atoms with Gasteiger partial charge in [-0.25, -0.2) is 0 Å². The highest BCUT2D eigenvalue weighted by Crippen LogP contribution is 2.68. The van der Waals surface area contributed by atoms with Crippen molar-refractivity contribution >= 4 is 20.6 Å². The van der Waals surface area contributed by atoms with Crippen molar-refractivity contribution in [1.29, 1.82) is 0 Å². The first-order valence-electron chi connectivity index (χ1n) is 8.26. The first-order valence-corrected chi connectivity index (χ1v) is 11.1. The van der Waals surface area contributed by atoms with Crippen molar-refractivity contribution < 1.29 is 14.3 Å². The van der Waals surface area contributed by atoms with Crippen LogP contribution in [-0.2, 0) is 14.3 Å². The van der Waals surface area contributed by atoms with E-state index in [4.69, 9.17) is 4.74 Å². The molecular formula is C17H27NO3Si. The number of carbonyl (C=O) groups excluding carboxylic acids is 2. The Morgan fingerprint density at radius 3 is 2.50 bits per heavy atom. The molecule has 0 aromatic rings. The summed E-state index contributed by atoms with van der Waals surface area (Å²) < 4.78 is 6.11. The Bertz CT molecular complexity index is 553. The zero-order valence-corrected chi connectivity index (χ0v) is 15.5. The molecule has 2 amide bonds. The molecule has 2 saturated heterocycles. The molecule has 3 fully saturated rings. The predicted molar refractivity (Wildman–Crippen MR) is 88.3 cm³/mol. The van der Waals surface area contributed by atoms with Gasteiger partial charge in [0.15, 0.2) is 0 Å². The third kappa shape index (κ3) is 1.72. The second-order valence-electron chi connectivity index (χ2n) is 8.44. The number of hydrogen-bond donors (Lipinski definition) is 0. The lowest BCUT2D eigenvalue weighted by Gasteiger charge is -2.42. The van der Waals surface area contributed by atoms with Crippen molar-refractivity contribution in [2.75, 3.05) is 6.54 Å². The number of nitrogens with zero attached hydrogens (tertiary/aromatic N) is 1. The Kier molecular flexibility index (Phi) is 3.29. The monoisotopic (exact) mass is 321 g/mol. The summed E-state index contributed by atoms with van der Waals surface area (Å²) in [6.45, 7) is 15.0. The van der Waals surface area contributed by atoms with Gasteiger partial charge in [-0.05, 0) is 18.3 Å². The van der Waals surface area contributed by atoms with Gasteiger partial charge in [0.05, 0.1) is 25.9 Å². The smallest absolute Gasteiger partial charge is 0.233 e. The van der Waals surface area contributed by atoms with Gasteiger partial charge in [-0.15, -0.1) is 6.58 Å². The Morgan fingerprint density at radius 1 is 1.36 bits per heavy atom. The number of amides is 2. The van der Waals surface area contributed by atoms with Crippen molar-refractivity contribution in [2.45, 2.75) is 63.5 Å². The highest BCUT2D eigenvalue weighted by Gasteiger charge is 2.75. The van der Waals surface area contributed by atoms with Crippen LogP contribution in [0.15, 0.2) is 12.7 Å². The third-order valence-corrected chi connectivity index (χ3v) is 9.23. The second kappa shape index (κ2) is 4.54. The van der Waals surface area contributed by atoms with Crippen molar-refractivity contribution in [1.82, 2.24) is 4.90 Å². The molecule has 22 heavy (non-hydrogen) atoms. The minimum Gasteiger partial charge on any atom is -0.365 e. The van der Waals surface area contributed by atoms with Gasteiger partial charge in [0, 0.05) is 6.54 Å². The molecule has 3 aliphatic rings. The van der Waals surface area contributed by atoms with Crippen molar-refractivity contribution in [3.05, 3.63) is 12.7 Å². The molecule has 4 unspecified atom stereocenters. The van der Waals surface area contributed by atoms with Crippen molar-refractivity contribution in [3.63, 3.8) is 0 Å². The maximum absolute atomic E-state index is 13.1. The summed E-state index contributed by atoms with van der Waals surface area (Å²) in [5, 5.41) is -0.448. The fourth-order valence-electron chi connectivity index (χ4n) is 4.78. The van der Waals surface area contributed by atoms with Gasteiger partial charge in [-0.3, -0.25) is 14.5 Å². The first kappa shape index (κ1) is 15.9. The Hall–Kier alpha value is -0.943. The zero-order chi connectivity index (χ0) is 16.5. The van der Waals surface area contributed by atoms with Crippen LogP contribution in [-0.4, -0.2) is 43.8 Å². The fraction of sp³-hybridized carbons (Fsp3) is 0.765. The molecule has 4 atom stereocenters. The van der Waals surface area contributed by atoms with Crippen LogP contribution in [0.1, 0.15) is 33.6 Å². The quantitative estimate of drug-likeness (QED) is 0.347. The lowest BCUT2D eigenvalue weighted by Crippen LogP contribution is -2.49. The maximum atomic E-state index is 13.1.